The maximum Gasteiger partial charge on any atom is 0.126 e. The van der Waals surface area contributed by atoms with Crippen molar-refractivity contribution in [3.8, 4) is 0 Å². The molecule has 0 spiro atoms. The van der Waals surface area contributed by atoms with Crippen molar-refractivity contribution in [2.45, 2.75) is 26.4 Å². The molecule has 0 radical (unpaired) electrons. The van der Waals surface area contributed by atoms with Crippen molar-refractivity contribution in [1.82, 2.24) is 0 Å². The maximum atomic E-state index is 13.5. The zero-order valence-electron chi connectivity index (χ0n) is 11.0. The largest absolute Gasteiger partial charge is 0.388 e. The van der Waals surface area contributed by atoms with E-state index in [0.29, 0.717) is 0 Å². The summed E-state index contributed by atoms with van der Waals surface area (Å²) < 4.78 is 26.6. The van der Waals surface area contributed by atoms with Gasteiger partial charge in [-0.15, -0.1) is 0 Å². The molecule has 0 fully saturated rings. The van der Waals surface area contributed by atoms with E-state index in [2.05, 4.69) is 0 Å². The lowest BCUT2D eigenvalue weighted by Gasteiger charge is -2.15. The Labute approximate surface area is 111 Å². The highest BCUT2D eigenvalue weighted by Gasteiger charge is 2.14. The molecule has 3 heteroatoms. The van der Waals surface area contributed by atoms with Crippen molar-refractivity contribution in [3.05, 3.63) is 70.3 Å². The highest BCUT2D eigenvalue weighted by atomic mass is 19.1. The predicted octanol–water partition coefficient (Wildman–Crippen LogP) is 3.86. The van der Waals surface area contributed by atoms with E-state index in [1.165, 1.54) is 0 Å². The Balaban J connectivity index is 2.25. The van der Waals surface area contributed by atoms with Crippen LogP contribution in [-0.4, -0.2) is 5.11 Å². The van der Waals surface area contributed by atoms with E-state index in [9.17, 15) is 13.9 Å². The van der Waals surface area contributed by atoms with Crippen LogP contribution in [0.15, 0.2) is 36.4 Å². The predicted molar refractivity (Wildman–Crippen MR) is 70.9 cm³/mol. The van der Waals surface area contributed by atoms with Crippen LogP contribution >= 0.6 is 0 Å². The molecule has 0 amide bonds. The molecule has 100 valence electrons. The van der Waals surface area contributed by atoms with Crippen LogP contribution in [0.3, 0.4) is 0 Å². The van der Waals surface area contributed by atoms with E-state index in [1.54, 1.807) is 0 Å². The first kappa shape index (κ1) is 13.7. The lowest BCUT2D eigenvalue weighted by molar-refractivity contribution is 0.176. The van der Waals surface area contributed by atoms with Gasteiger partial charge in [0.1, 0.15) is 11.6 Å². The molecule has 0 saturated heterocycles. The second-order valence-corrected chi connectivity index (χ2v) is 4.82. The van der Waals surface area contributed by atoms with Gasteiger partial charge in [0.05, 0.1) is 6.10 Å². The van der Waals surface area contributed by atoms with Gasteiger partial charge in [-0.2, -0.15) is 0 Å². The SMILES string of the molecule is Cc1ccc(C(O)Cc2cc(F)ccc2F)c(C)c1. The van der Waals surface area contributed by atoms with E-state index in [1.807, 2.05) is 32.0 Å². The monoisotopic (exact) mass is 262 g/mol. The molecular formula is C16H16F2O. The van der Waals surface area contributed by atoms with E-state index >= 15 is 0 Å². The van der Waals surface area contributed by atoms with Crippen molar-refractivity contribution in [1.29, 1.82) is 0 Å². The third-order valence-corrected chi connectivity index (χ3v) is 3.21. The summed E-state index contributed by atoms with van der Waals surface area (Å²) in [6.45, 7) is 3.86. The fraction of sp³-hybridized carbons (Fsp3) is 0.250. The van der Waals surface area contributed by atoms with E-state index in [0.717, 1.165) is 34.9 Å². The average molecular weight is 262 g/mol. The zero-order valence-corrected chi connectivity index (χ0v) is 11.0. The average Bonchev–Trinajstić information content (AvgIpc) is 2.33. The Bertz CT molecular complexity index is 593. The number of hydrogen-bond acceptors (Lipinski definition) is 1. The summed E-state index contributed by atoms with van der Waals surface area (Å²) in [5.74, 6) is -0.991. The number of rotatable bonds is 3. The van der Waals surface area contributed by atoms with Crippen LogP contribution in [-0.2, 0) is 6.42 Å². The number of aryl methyl sites for hydroxylation is 2. The smallest absolute Gasteiger partial charge is 0.126 e. The standard InChI is InChI=1S/C16H16F2O/c1-10-3-5-14(11(2)7-10)16(19)9-12-8-13(17)4-6-15(12)18/h3-8,16,19H,9H2,1-2H3. The van der Waals surface area contributed by atoms with Gasteiger partial charge in [-0.1, -0.05) is 23.8 Å². The summed E-state index contributed by atoms with van der Waals surface area (Å²) in [5, 5.41) is 10.2. The zero-order chi connectivity index (χ0) is 14.0. The van der Waals surface area contributed by atoms with Crippen LogP contribution in [0.1, 0.15) is 28.4 Å². The molecule has 19 heavy (non-hydrogen) atoms. The first-order chi connectivity index (χ1) is 8.97. The Hall–Kier alpha value is -1.74. The minimum absolute atomic E-state index is 0.0630. The number of aliphatic hydroxyl groups is 1. The van der Waals surface area contributed by atoms with Crippen molar-refractivity contribution in [3.63, 3.8) is 0 Å². The van der Waals surface area contributed by atoms with Crippen LogP contribution in [0.25, 0.3) is 0 Å². The molecule has 1 unspecified atom stereocenters. The summed E-state index contributed by atoms with van der Waals surface area (Å²) in [7, 11) is 0. The summed E-state index contributed by atoms with van der Waals surface area (Å²) in [6.07, 6.45) is -0.773. The summed E-state index contributed by atoms with van der Waals surface area (Å²) >= 11 is 0. The first-order valence-corrected chi connectivity index (χ1v) is 6.16. The number of aliphatic hydroxyl groups excluding tert-OH is 1. The third kappa shape index (κ3) is 3.18. The molecular weight excluding hydrogens is 246 g/mol. The molecule has 1 atom stereocenters. The molecule has 0 saturated carbocycles. The second kappa shape index (κ2) is 5.49. The molecule has 0 aromatic heterocycles. The highest BCUT2D eigenvalue weighted by Crippen LogP contribution is 2.24. The molecule has 2 rings (SSSR count). The lowest BCUT2D eigenvalue weighted by Crippen LogP contribution is -2.06. The summed E-state index contributed by atoms with van der Waals surface area (Å²) in [4.78, 5) is 0. The van der Waals surface area contributed by atoms with Gasteiger partial charge < -0.3 is 5.11 Å². The number of halogens is 2. The molecule has 0 aliphatic carbocycles. The minimum Gasteiger partial charge on any atom is -0.388 e. The van der Waals surface area contributed by atoms with Gasteiger partial charge in [0.25, 0.3) is 0 Å². The third-order valence-electron chi connectivity index (χ3n) is 3.21. The normalized spacial score (nSPS) is 12.5. The quantitative estimate of drug-likeness (QED) is 0.890. The Kier molecular flexibility index (Phi) is 3.96. The molecule has 2 aromatic rings. The number of benzene rings is 2. The van der Waals surface area contributed by atoms with E-state index in [-0.39, 0.29) is 12.0 Å². The molecule has 1 nitrogen and oxygen atoms in total. The van der Waals surface area contributed by atoms with Gasteiger partial charge in [0.2, 0.25) is 0 Å². The molecule has 1 N–H and O–H groups in total. The molecule has 0 aliphatic heterocycles. The van der Waals surface area contributed by atoms with Crippen molar-refractivity contribution < 1.29 is 13.9 Å². The van der Waals surface area contributed by atoms with Crippen molar-refractivity contribution in [2.75, 3.05) is 0 Å². The van der Waals surface area contributed by atoms with Gasteiger partial charge in [0, 0.05) is 6.42 Å². The van der Waals surface area contributed by atoms with E-state index < -0.39 is 17.7 Å². The van der Waals surface area contributed by atoms with Gasteiger partial charge in [0.15, 0.2) is 0 Å². The summed E-state index contributed by atoms with van der Waals surface area (Å²) in [6, 6.07) is 8.96. The maximum absolute atomic E-state index is 13.5. The topological polar surface area (TPSA) is 20.2 Å². The first-order valence-electron chi connectivity index (χ1n) is 6.16. The Morgan fingerprint density at radius 3 is 2.47 bits per heavy atom. The molecule has 0 bridgehead atoms. The minimum atomic E-state index is -0.836. The van der Waals surface area contributed by atoms with Gasteiger partial charge in [-0.3, -0.25) is 0 Å². The lowest BCUT2D eigenvalue weighted by atomic mass is 9.96. The van der Waals surface area contributed by atoms with Gasteiger partial charge in [-0.05, 0) is 48.7 Å². The van der Waals surface area contributed by atoms with Crippen molar-refractivity contribution >= 4 is 0 Å². The molecule has 0 aliphatic rings. The van der Waals surface area contributed by atoms with Crippen LogP contribution < -0.4 is 0 Å². The Morgan fingerprint density at radius 2 is 1.79 bits per heavy atom. The highest BCUT2D eigenvalue weighted by molar-refractivity contribution is 5.33. The number of hydrogen-bond donors (Lipinski definition) is 1. The van der Waals surface area contributed by atoms with Crippen LogP contribution in [0.5, 0.6) is 0 Å². The summed E-state index contributed by atoms with van der Waals surface area (Å²) in [5.41, 5.74) is 2.98. The Morgan fingerprint density at radius 1 is 1.05 bits per heavy atom. The second-order valence-electron chi connectivity index (χ2n) is 4.82. The fourth-order valence-corrected chi connectivity index (χ4v) is 2.22. The van der Waals surface area contributed by atoms with Crippen LogP contribution in [0.2, 0.25) is 0 Å². The van der Waals surface area contributed by atoms with Gasteiger partial charge in [-0.25, -0.2) is 8.78 Å². The van der Waals surface area contributed by atoms with Gasteiger partial charge >= 0.3 is 0 Å². The van der Waals surface area contributed by atoms with Crippen LogP contribution in [0, 0.1) is 25.5 Å². The van der Waals surface area contributed by atoms with E-state index in [4.69, 9.17) is 0 Å². The molecule has 0 heterocycles. The molecule has 2 aromatic carbocycles. The van der Waals surface area contributed by atoms with Crippen LogP contribution in [0.4, 0.5) is 8.78 Å². The fourth-order valence-electron chi connectivity index (χ4n) is 2.22. The van der Waals surface area contributed by atoms with Crippen molar-refractivity contribution in [2.24, 2.45) is 0 Å².